The summed E-state index contributed by atoms with van der Waals surface area (Å²) in [6.45, 7) is 1.90. The van der Waals surface area contributed by atoms with Gasteiger partial charge in [0.2, 0.25) is 5.89 Å². The number of aromatic nitrogens is 2. The highest BCUT2D eigenvalue weighted by Crippen LogP contribution is 2.32. The number of fused-ring (bicyclic) bond motifs is 1. The molecule has 2 N–H and O–H groups in total. The third kappa shape index (κ3) is 4.52. The third-order valence-electron chi connectivity index (χ3n) is 4.57. The molecule has 0 saturated heterocycles. The van der Waals surface area contributed by atoms with E-state index in [0.717, 1.165) is 11.1 Å². The highest BCUT2D eigenvalue weighted by Gasteiger charge is 2.18. The topological polar surface area (TPSA) is 89.3 Å². The van der Waals surface area contributed by atoms with E-state index in [9.17, 15) is 4.79 Å². The molecule has 0 unspecified atom stereocenters. The number of rotatable bonds is 4. The van der Waals surface area contributed by atoms with Crippen molar-refractivity contribution in [2.24, 2.45) is 0 Å². The van der Waals surface area contributed by atoms with Crippen LogP contribution >= 0.6 is 35.4 Å². The number of methoxy groups -OCH3 is 1. The largest absolute Gasteiger partial charge is 0.494 e. The molecule has 2 aromatic carbocycles. The van der Waals surface area contributed by atoms with Gasteiger partial charge >= 0.3 is 0 Å². The number of amides is 1. The number of benzene rings is 2. The SMILES string of the molecule is COc1c(Cl)cc(Cl)cc1C(=O)NC(=S)Nc1ccc(-c2nc3ncccc3o2)cc1C. The molecule has 4 rings (SSSR count). The number of thiocarbonyl (C=S) groups is 1. The van der Waals surface area contributed by atoms with E-state index in [4.69, 9.17) is 44.6 Å². The van der Waals surface area contributed by atoms with Crippen LogP contribution in [0.4, 0.5) is 5.69 Å². The van der Waals surface area contributed by atoms with Crippen LogP contribution in [-0.4, -0.2) is 28.1 Å². The summed E-state index contributed by atoms with van der Waals surface area (Å²) in [5.74, 6) is 0.177. The van der Waals surface area contributed by atoms with E-state index in [2.05, 4.69) is 20.6 Å². The fourth-order valence-corrected chi connectivity index (χ4v) is 3.86. The molecule has 0 radical (unpaired) electrons. The molecule has 0 aliphatic rings. The Morgan fingerprint density at radius 2 is 2.00 bits per heavy atom. The number of carbonyl (C=O) groups is 1. The first-order valence-electron chi connectivity index (χ1n) is 9.33. The van der Waals surface area contributed by atoms with Crippen LogP contribution in [-0.2, 0) is 0 Å². The van der Waals surface area contributed by atoms with Crippen molar-refractivity contribution in [3.8, 4) is 17.2 Å². The number of aryl methyl sites for hydroxylation is 1. The number of pyridine rings is 1. The van der Waals surface area contributed by atoms with E-state index in [-0.39, 0.29) is 21.4 Å². The molecule has 2 aromatic heterocycles. The molecule has 0 bridgehead atoms. The minimum atomic E-state index is -0.503. The van der Waals surface area contributed by atoms with Crippen molar-refractivity contribution in [1.29, 1.82) is 0 Å². The van der Waals surface area contributed by atoms with Crippen molar-refractivity contribution in [3.05, 3.63) is 69.8 Å². The summed E-state index contributed by atoms with van der Waals surface area (Å²) in [7, 11) is 1.42. The summed E-state index contributed by atoms with van der Waals surface area (Å²) in [5, 5.41) is 6.26. The first-order chi connectivity index (χ1) is 15.4. The third-order valence-corrected chi connectivity index (χ3v) is 5.27. The van der Waals surface area contributed by atoms with E-state index in [0.29, 0.717) is 27.8 Å². The number of carbonyl (C=O) groups excluding carboxylic acids is 1. The van der Waals surface area contributed by atoms with Crippen molar-refractivity contribution < 1.29 is 13.9 Å². The standard InChI is InChI=1S/C22H16Cl2N4O3S/c1-11-8-12(21-27-19-17(31-21)4-3-7-25-19)5-6-16(11)26-22(32)28-20(29)14-9-13(23)10-15(24)18(14)30-2/h3-10H,1-2H3,(H2,26,28,29,32). The Bertz CT molecular complexity index is 1320. The van der Waals surface area contributed by atoms with Crippen LogP contribution in [0.2, 0.25) is 10.0 Å². The molecular weight excluding hydrogens is 471 g/mol. The molecule has 0 atom stereocenters. The Kier molecular flexibility index (Phi) is 6.27. The smallest absolute Gasteiger partial charge is 0.261 e. The van der Waals surface area contributed by atoms with E-state index in [1.165, 1.54) is 19.2 Å². The summed E-state index contributed by atoms with van der Waals surface area (Å²) in [6, 6.07) is 12.1. The normalized spacial score (nSPS) is 10.8. The molecule has 162 valence electrons. The average Bonchev–Trinajstić information content (AvgIpc) is 3.19. The number of nitrogens with zero attached hydrogens (tertiary/aromatic N) is 2. The van der Waals surface area contributed by atoms with Gasteiger partial charge in [-0.1, -0.05) is 23.2 Å². The van der Waals surface area contributed by atoms with Crippen LogP contribution in [0.1, 0.15) is 15.9 Å². The molecule has 7 nitrogen and oxygen atoms in total. The second kappa shape index (κ2) is 9.12. The lowest BCUT2D eigenvalue weighted by molar-refractivity contribution is 0.0974. The van der Waals surface area contributed by atoms with Crippen LogP contribution in [0.5, 0.6) is 5.75 Å². The van der Waals surface area contributed by atoms with E-state index in [1.807, 2.05) is 31.2 Å². The van der Waals surface area contributed by atoms with Crippen LogP contribution in [0.3, 0.4) is 0 Å². The summed E-state index contributed by atoms with van der Waals surface area (Å²) in [4.78, 5) is 21.3. The van der Waals surface area contributed by atoms with Gasteiger partial charge in [0.05, 0.1) is 17.7 Å². The van der Waals surface area contributed by atoms with Gasteiger partial charge in [0.15, 0.2) is 16.3 Å². The highest BCUT2D eigenvalue weighted by molar-refractivity contribution is 7.80. The number of hydrogen-bond acceptors (Lipinski definition) is 6. The summed E-state index contributed by atoms with van der Waals surface area (Å²) < 4.78 is 11.0. The Hall–Kier alpha value is -3.20. The maximum Gasteiger partial charge on any atom is 0.261 e. The molecule has 10 heteroatoms. The van der Waals surface area contributed by atoms with E-state index >= 15 is 0 Å². The van der Waals surface area contributed by atoms with Crippen LogP contribution in [0.15, 0.2) is 53.1 Å². The van der Waals surface area contributed by atoms with Crippen LogP contribution in [0, 0.1) is 6.92 Å². The Morgan fingerprint density at radius 1 is 1.19 bits per heavy atom. The van der Waals surface area contributed by atoms with Crippen molar-refractivity contribution >= 4 is 63.4 Å². The van der Waals surface area contributed by atoms with Gasteiger partial charge in [-0.3, -0.25) is 10.1 Å². The van der Waals surface area contributed by atoms with Crippen molar-refractivity contribution in [1.82, 2.24) is 15.3 Å². The van der Waals surface area contributed by atoms with Gasteiger partial charge in [-0.2, -0.15) is 4.98 Å². The van der Waals surface area contributed by atoms with Gasteiger partial charge in [0, 0.05) is 22.5 Å². The molecule has 0 spiro atoms. The number of hydrogen-bond donors (Lipinski definition) is 2. The number of anilines is 1. The van der Waals surface area contributed by atoms with Gasteiger partial charge in [-0.05, 0) is 67.2 Å². The molecule has 2 heterocycles. The Balaban J connectivity index is 1.50. The predicted molar refractivity (Wildman–Crippen MR) is 129 cm³/mol. The first kappa shape index (κ1) is 22.0. The molecule has 4 aromatic rings. The Morgan fingerprint density at radius 3 is 2.72 bits per heavy atom. The number of oxazole rings is 1. The molecule has 1 amide bonds. The number of halogens is 2. The quantitative estimate of drug-likeness (QED) is 0.360. The lowest BCUT2D eigenvalue weighted by Gasteiger charge is -2.14. The van der Waals surface area contributed by atoms with E-state index in [1.54, 1.807) is 12.3 Å². The molecule has 0 saturated carbocycles. The fourth-order valence-electron chi connectivity index (χ4n) is 3.09. The molecule has 0 fully saturated rings. The second-order valence-corrected chi connectivity index (χ2v) is 8.00. The zero-order chi connectivity index (χ0) is 22.8. The summed E-state index contributed by atoms with van der Waals surface area (Å²) >= 11 is 17.4. The summed E-state index contributed by atoms with van der Waals surface area (Å²) in [5.41, 5.74) is 3.71. The molecule has 0 aliphatic heterocycles. The maximum atomic E-state index is 12.7. The van der Waals surface area contributed by atoms with Gasteiger partial charge in [0.25, 0.3) is 5.91 Å². The molecular formula is C22H16Cl2N4O3S. The van der Waals surface area contributed by atoms with Crippen LogP contribution < -0.4 is 15.4 Å². The number of nitrogens with one attached hydrogen (secondary N) is 2. The average molecular weight is 487 g/mol. The lowest BCUT2D eigenvalue weighted by atomic mass is 10.1. The second-order valence-electron chi connectivity index (χ2n) is 6.75. The monoisotopic (exact) mass is 486 g/mol. The van der Waals surface area contributed by atoms with Crippen molar-refractivity contribution in [2.75, 3.05) is 12.4 Å². The van der Waals surface area contributed by atoms with Crippen molar-refractivity contribution in [2.45, 2.75) is 6.92 Å². The number of ether oxygens (including phenoxy) is 1. The zero-order valence-corrected chi connectivity index (χ0v) is 19.2. The summed E-state index contributed by atoms with van der Waals surface area (Å²) in [6.07, 6.45) is 1.66. The van der Waals surface area contributed by atoms with Gasteiger partial charge in [-0.15, -0.1) is 0 Å². The molecule has 0 aliphatic carbocycles. The molecule has 32 heavy (non-hydrogen) atoms. The highest BCUT2D eigenvalue weighted by atomic mass is 35.5. The van der Waals surface area contributed by atoms with Gasteiger partial charge in [-0.25, -0.2) is 4.98 Å². The van der Waals surface area contributed by atoms with Crippen molar-refractivity contribution in [3.63, 3.8) is 0 Å². The minimum Gasteiger partial charge on any atom is -0.494 e. The first-order valence-corrected chi connectivity index (χ1v) is 10.5. The predicted octanol–water partition coefficient (Wildman–Crippen LogP) is 5.64. The zero-order valence-electron chi connectivity index (χ0n) is 16.9. The van der Waals surface area contributed by atoms with E-state index < -0.39 is 5.91 Å². The lowest BCUT2D eigenvalue weighted by Crippen LogP contribution is -2.34. The van der Waals surface area contributed by atoms with Crippen LogP contribution in [0.25, 0.3) is 22.7 Å². The maximum absolute atomic E-state index is 12.7. The van der Waals surface area contributed by atoms with Gasteiger partial charge in [0.1, 0.15) is 5.75 Å². The minimum absolute atomic E-state index is 0.107. The Labute approximate surface area is 198 Å². The van der Waals surface area contributed by atoms with Gasteiger partial charge < -0.3 is 14.5 Å². The fraction of sp³-hybridized carbons (Fsp3) is 0.0909.